The van der Waals surface area contributed by atoms with Crippen LogP contribution in [0.3, 0.4) is 0 Å². The maximum atomic E-state index is 12.1. The van der Waals surface area contributed by atoms with Gasteiger partial charge in [0.05, 0.1) is 17.9 Å². The Hall–Kier alpha value is -3.30. The molecule has 2 heterocycles. The number of rotatable bonds is 7. The molecule has 29 heavy (non-hydrogen) atoms. The number of amides is 1. The zero-order chi connectivity index (χ0) is 20.1. The molecular weight excluding hydrogens is 412 g/mol. The van der Waals surface area contributed by atoms with Gasteiger partial charge in [-0.1, -0.05) is 23.7 Å². The van der Waals surface area contributed by atoms with Gasteiger partial charge >= 0.3 is 0 Å². The molecule has 0 atom stereocenters. The number of carbonyl (C=O) groups is 1. The summed E-state index contributed by atoms with van der Waals surface area (Å²) in [6, 6.07) is 14.6. The molecule has 146 valence electrons. The molecular formula is C19H15ClN6O2S. The lowest BCUT2D eigenvalue weighted by molar-refractivity contribution is -0.123. The van der Waals surface area contributed by atoms with Crippen molar-refractivity contribution in [3.63, 3.8) is 0 Å². The maximum absolute atomic E-state index is 12.1. The average Bonchev–Trinajstić information content (AvgIpc) is 3.44. The molecule has 4 aromatic rings. The topological polar surface area (TPSA) is 94.8 Å². The lowest BCUT2D eigenvalue weighted by atomic mass is 10.2. The van der Waals surface area contributed by atoms with Crippen LogP contribution in [0.1, 0.15) is 5.01 Å². The second-order valence-electron chi connectivity index (χ2n) is 5.95. The fourth-order valence-electron chi connectivity index (χ4n) is 2.49. The van der Waals surface area contributed by atoms with Crippen LogP contribution >= 0.6 is 22.9 Å². The molecule has 0 bridgehead atoms. The van der Waals surface area contributed by atoms with Crippen molar-refractivity contribution in [2.45, 2.75) is 6.54 Å². The number of carbonyl (C=O) groups excluding carboxylic acids is 1. The minimum Gasteiger partial charge on any atom is -0.484 e. The van der Waals surface area contributed by atoms with E-state index in [0.717, 1.165) is 22.0 Å². The molecule has 0 aliphatic carbocycles. The first-order chi connectivity index (χ1) is 14.2. The van der Waals surface area contributed by atoms with E-state index in [-0.39, 0.29) is 12.5 Å². The molecule has 0 spiro atoms. The summed E-state index contributed by atoms with van der Waals surface area (Å²) in [6.07, 6.45) is 1.50. The number of aromatic nitrogens is 5. The molecule has 10 heteroatoms. The van der Waals surface area contributed by atoms with Crippen LogP contribution in [-0.2, 0) is 11.3 Å². The van der Waals surface area contributed by atoms with Gasteiger partial charge in [0.15, 0.2) is 6.61 Å². The Morgan fingerprint density at radius 2 is 1.93 bits per heavy atom. The highest BCUT2D eigenvalue weighted by Gasteiger charge is 2.08. The Morgan fingerprint density at radius 3 is 2.66 bits per heavy atom. The van der Waals surface area contributed by atoms with E-state index in [2.05, 4.69) is 25.8 Å². The predicted molar refractivity (Wildman–Crippen MR) is 109 cm³/mol. The van der Waals surface area contributed by atoms with Crippen LogP contribution in [0.25, 0.3) is 16.9 Å². The van der Waals surface area contributed by atoms with E-state index in [4.69, 9.17) is 16.3 Å². The molecule has 2 aromatic heterocycles. The Bertz CT molecular complexity index is 1080. The summed E-state index contributed by atoms with van der Waals surface area (Å²) in [4.78, 5) is 16.6. The SMILES string of the molecule is O=C(COc1ccc(-n2cnnn2)cc1)NCc1nc(-c2ccc(Cl)cc2)cs1. The van der Waals surface area contributed by atoms with Crippen LogP contribution in [-0.4, -0.2) is 37.7 Å². The molecule has 1 N–H and O–H groups in total. The van der Waals surface area contributed by atoms with Gasteiger partial charge in [-0.25, -0.2) is 9.67 Å². The van der Waals surface area contributed by atoms with E-state index in [0.29, 0.717) is 17.3 Å². The van der Waals surface area contributed by atoms with Crippen molar-refractivity contribution in [1.29, 1.82) is 0 Å². The second kappa shape index (κ2) is 8.80. The second-order valence-corrected chi connectivity index (χ2v) is 7.33. The Labute approximate surface area is 175 Å². The number of hydrogen-bond acceptors (Lipinski definition) is 7. The molecule has 0 saturated heterocycles. The van der Waals surface area contributed by atoms with Crippen molar-refractivity contribution in [3.8, 4) is 22.7 Å². The molecule has 8 nitrogen and oxygen atoms in total. The summed E-state index contributed by atoms with van der Waals surface area (Å²) in [5.41, 5.74) is 2.64. The van der Waals surface area contributed by atoms with Gasteiger partial charge in [-0.2, -0.15) is 0 Å². The van der Waals surface area contributed by atoms with Gasteiger partial charge < -0.3 is 10.1 Å². The zero-order valence-corrected chi connectivity index (χ0v) is 16.6. The number of tetrazole rings is 1. The summed E-state index contributed by atoms with van der Waals surface area (Å²) in [7, 11) is 0. The Kier molecular flexibility index (Phi) is 5.78. The molecule has 0 fully saturated rings. The third kappa shape index (κ3) is 4.95. The van der Waals surface area contributed by atoms with Crippen molar-refractivity contribution in [1.82, 2.24) is 30.5 Å². The van der Waals surface area contributed by atoms with Gasteiger partial charge in [0.2, 0.25) is 0 Å². The predicted octanol–water partition coefficient (Wildman–Crippen LogP) is 3.13. The zero-order valence-electron chi connectivity index (χ0n) is 15.0. The molecule has 0 unspecified atom stereocenters. The normalized spacial score (nSPS) is 10.7. The van der Waals surface area contributed by atoms with Crippen LogP contribution in [0.2, 0.25) is 5.02 Å². The van der Waals surface area contributed by atoms with Crippen molar-refractivity contribution in [2.75, 3.05) is 6.61 Å². The quantitative estimate of drug-likeness (QED) is 0.488. The highest BCUT2D eigenvalue weighted by molar-refractivity contribution is 7.09. The highest BCUT2D eigenvalue weighted by atomic mass is 35.5. The van der Waals surface area contributed by atoms with E-state index >= 15 is 0 Å². The molecule has 4 rings (SSSR count). The number of benzene rings is 2. The summed E-state index contributed by atoms with van der Waals surface area (Å²) in [5, 5.41) is 17.2. The van der Waals surface area contributed by atoms with E-state index < -0.39 is 0 Å². The van der Waals surface area contributed by atoms with Gasteiger partial charge in [-0.3, -0.25) is 4.79 Å². The van der Waals surface area contributed by atoms with Crippen molar-refractivity contribution >= 4 is 28.8 Å². The minimum absolute atomic E-state index is 0.0837. The van der Waals surface area contributed by atoms with Crippen LogP contribution in [0.5, 0.6) is 5.75 Å². The lowest BCUT2D eigenvalue weighted by Gasteiger charge is -2.07. The van der Waals surface area contributed by atoms with Crippen molar-refractivity contribution in [2.24, 2.45) is 0 Å². The average molecular weight is 427 g/mol. The summed E-state index contributed by atoms with van der Waals surface area (Å²) >= 11 is 7.40. The first-order valence-electron chi connectivity index (χ1n) is 8.61. The van der Waals surface area contributed by atoms with Crippen LogP contribution in [0.4, 0.5) is 0 Å². The van der Waals surface area contributed by atoms with Gasteiger partial charge in [-0.05, 0) is 46.8 Å². The Morgan fingerprint density at radius 1 is 1.14 bits per heavy atom. The summed E-state index contributed by atoms with van der Waals surface area (Å²) < 4.78 is 7.04. The van der Waals surface area contributed by atoms with Crippen LogP contribution < -0.4 is 10.1 Å². The number of ether oxygens (including phenoxy) is 1. The number of nitrogens with one attached hydrogen (secondary N) is 1. The summed E-state index contributed by atoms with van der Waals surface area (Å²) in [5.74, 6) is 0.356. The molecule has 2 aromatic carbocycles. The smallest absolute Gasteiger partial charge is 0.258 e. The van der Waals surface area contributed by atoms with E-state index in [1.807, 2.05) is 29.6 Å². The van der Waals surface area contributed by atoms with Gasteiger partial charge in [-0.15, -0.1) is 16.4 Å². The van der Waals surface area contributed by atoms with E-state index in [1.165, 1.54) is 22.3 Å². The fraction of sp³-hybridized carbons (Fsp3) is 0.105. The lowest BCUT2D eigenvalue weighted by Crippen LogP contribution is -2.28. The first kappa shape index (κ1) is 19.0. The van der Waals surface area contributed by atoms with Crippen LogP contribution in [0.15, 0.2) is 60.2 Å². The van der Waals surface area contributed by atoms with Crippen LogP contribution in [0, 0.1) is 0 Å². The number of hydrogen-bond donors (Lipinski definition) is 1. The molecule has 0 aliphatic rings. The van der Waals surface area contributed by atoms with Crippen molar-refractivity contribution < 1.29 is 9.53 Å². The first-order valence-corrected chi connectivity index (χ1v) is 9.86. The van der Waals surface area contributed by atoms with E-state index in [1.54, 1.807) is 24.3 Å². The number of halogens is 1. The summed E-state index contributed by atoms with van der Waals surface area (Å²) in [6.45, 7) is 0.262. The third-order valence-electron chi connectivity index (χ3n) is 3.95. The number of thiazole rings is 1. The van der Waals surface area contributed by atoms with E-state index in [9.17, 15) is 4.79 Å². The largest absolute Gasteiger partial charge is 0.484 e. The molecule has 0 radical (unpaired) electrons. The molecule has 1 amide bonds. The third-order valence-corrected chi connectivity index (χ3v) is 5.05. The molecule has 0 saturated carbocycles. The Balaban J connectivity index is 1.25. The monoisotopic (exact) mass is 426 g/mol. The standard InChI is InChI=1S/C19H15ClN6O2S/c20-14-3-1-13(2-4-14)17-11-29-19(23-17)9-21-18(27)10-28-16-7-5-15(6-8-16)26-12-22-24-25-26/h1-8,11-12H,9-10H2,(H,21,27). The fourth-order valence-corrected chi connectivity index (χ4v) is 3.36. The highest BCUT2D eigenvalue weighted by Crippen LogP contribution is 2.23. The minimum atomic E-state index is -0.224. The van der Waals surface area contributed by atoms with Gasteiger partial charge in [0, 0.05) is 16.0 Å². The number of nitrogens with zero attached hydrogens (tertiary/aromatic N) is 5. The van der Waals surface area contributed by atoms with Gasteiger partial charge in [0.1, 0.15) is 17.1 Å². The van der Waals surface area contributed by atoms with Gasteiger partial charge in [0.25, 0.3) is 5.91 Å². The molecule has 0 aliphatic heterocycles. The van der Waals surface area contributed by atoms with Crippen molar-refractivity contribution in [3.05, 3.63) is 70.3 Å². The maximum Gasteiger partial charge on any atom is 0.258 e.